The summed E-state index contributed by atoms with van der Waals surface area (Å²) in [5, 5.41) is 3.73. The summed E-state index contributed by atoms with van der Waals surface area (Å²) in [6, 6.07) is 0. The van der Waals surface area contributed by atoms with Crippen molar-refractivity contribution < 1.29 is 4.79 Å². The quantitative estimate of drug-likeness (QED) is 0.774. The maximum Gasteiger partial charge on any atom is 0.226 e. The van der Waals surface area contributed by atoms with Crippen LogP contribution in [-0.4, -0.2) is 17.4 Å². The number of hydrogen-bond donors (Lipinski definition) is 2. The lowest BCUT2D eigenvalue weighted by molar-refractivity contribution is -0.116. The average molecular weight is 295 g/mol. The molecule has 4 nitrogen and oxygen atoms in total. The molecular weight excluding hydrogens is 270 g/mol. The standard InChI is InChI=1S/C15H25N3OS/c1-2-4-11(9-10-16)7-8-14(19)18-15-17-12-5-3-6-13(12)20-15/h11H,2-10,16H2,1H3,(H,17,18,19). The number of fused-ring (bicyclic) bond motifs is 1. The molecule has 5 heteroatoms. The van der Waals surface area contributed by atoms with E-state index in [1.165, 1.54) is 17.0 Å². The molecule has 1 aromatic rings. The topological polar surface area (TPSA) is 68.0 Å². The number of aryl methyl sites for hydroxylation is 2. The largest absolute Gasteiger partial charge is 0.330 e. The predicted molar refractivity (Wildman–Crippen MR) is 84.1 cm³/mol. The Morgan fingerprint density at radius 2 is 2.25 bits per heavy atom. The molecule has 1 heterocycles. The Hall–Kier alpha value is -0.940. The second kappa shape index (κ2) is 7.74. The van der Waals surface area contributed by atoms with Crippen molar-refractivity contribution in [3.63, 3.8) is 0 Å². The molecule has 0 saturated carbocycles. The lowest BCUT2D eigenvalue weighted by Crippen LogP contribution is -2.15. The Bertz CT molecular complexity index is 417. The summed E-state index contributed by atoms with van der Waals surface area (Å²) in [5.41, 5.74) is 6.81. The number of hydrogen-bond acceptors (Lipinski definition) is 4. The molecule has 1 aromatic heterocycles. The van der Waals surface area contributed by atoms with Crippen molar-refractivity contribution in [1.82, 2.24) is 4.98 Å². The molecule has 1 aliphatic rings. The molecule has 20 heavy (non-hydrogen) atoms. The first-order chi connectivity index (χ1) is 9.72. The van der Waals surface area contributed by atoms with E-state index in [1.807, 2.05) is 0 Å². The minimum Gasteiger partial charge on any atom is -0.330 e. The van der Waals surface area contributed by atoms with E-state index < -0.39 is 0 Å². The smallest absolute Gasteiger partial charge is 0.226 e. The van der Waals surface area contributed by atoms with Gasteiger partial charge in [-0.05, 0) is 44.6 Å². The second-order valence-electron chi connectivity index (χ2n) is 5.56. The summed E-state index contributed by atoms with van der Waals surface area (Å²) in [6.45, 7) is 2.90. The van der Waals surface area contributed by atoms with Gasteiger partial charge in [0.05, 0.1) is 5.69 Å². The van der Waals surface area contributed by atoms with E-state index in [4.69, 9.17) is 5.73 Å². The average Bonchev–Trinajstić information content (AvgIpc) is 2.97. The number of amides is 1. The van der Waals surface area contributed by atoms with Gasteiger partial charge < -0.3 is 11.1 Å². The molecule has 1 unspecified atom stereocenters. The van der Waals surface area contributed by atoms with E-state index in [0.29, 0.717) is 18.9 Å². The van der Waals surface area contributed by atoms with Crippen LogP contribution in [0.3, 0.4) is 0 Å². The third-order valence-electron chi connectivity index (χ3n) is 3.89. The van der Waals surface area contributed by atoms with E-state index in [1.54, 1.807) is 11.3 Å². The van der Waals surface area contributed by atoms with Crippen molar-refractivity contribution in [2.24, 2.45) is 11.7 Å². The van der Waals surface area contributed by atoms with Crippen LogP contribution >= 0.6 is 11.3 Å². The van der Waals surface area contributed by atoms with Gasteiger partial charge in [-0.1, -0.05) is 19.8 Å². The third kappa shape index (κ3) is 4.28. The van der Waals surface area contributed by atoms with Gasteiger partial charge in [0.25, 0.3) is 0 Å². The summed E-state index contributed by atoms with van der Waals surface area (Å²) in [5.74, 6) is 0.674. The summed E-state index contributed by atoms with van der Waals surface area (Å²) >= 11 is 1.64. The fraction of sp³-hybridized carbons (Fsp3) is 0.733. The first-order valence-electron chi connectivity index (χ1n) is 7.71. The molecule has 2 rings (SSSR count). The molecule has 0 aliphatic heterocycles. The van der Waals surface area contributed by atoms with E-state index in [0.717, 1.165) is 43.7 Å². The van der Waals surface area contributed by atoms with Crippen molar-refractivity contribution in [2.45, 2.75) is 58.3 Å². The third-order valence-corrected chi connectivity index (χ3v) is 4.97. The summed E-state index contributed by atoms with van der Waals surface area (Å²) < 4.78 is 0. The Morgan fingerprint density at radius 3 is 2.95 bits per heavy atom. The van der Waals surface area contributed by atoms with Crippen molar-refractivity contribution in [3.05, 3.63) is 10.6 Å². The fourth-order valence-electron chi connectivity index (χ4n) is 2.84. The summed E-state index contributed by atoms with van der Waals surface area (Å²) in [6.07, 6.45) is 8.25. The molecule has 0 saturated heterocycles. The summed E-state index contributed by atoms with van der Waals surface area (Å²) in [4.78, 5) is 17.8. The zero-order valence-corrected chi connectivity index (χ0v) is 13.1. The number of aromatic nitrogens is 1. The highest BCUT2D eigenvalue weighted by Gasteiger charge is 2.18. The van der Waals surface area contributed by atoms with Crippen LogP contribution in [0.5, 0.6) is 0 Å². The van der Waals surface area contributed by atoms with Crippen LogP contribution in [0.4, 0.5) is 5.13 Å². The van der Waals surface area contributed by atoms with Gasteiger partial charge in [-0.25, -0.2) is 4.98 Å². The molecule has 1 amide bonds. The maximum absolute atomic E-state index is 12.0. The van der Waals surface area contributed by atoms with Crippen LogP contribution in [0, 0.1) is 5.92 Å². The van der Waals surface area contributed by atoms with Gasteiger partial charge in [0.1, 0.15) is 0 Å². The molecular formula is C15H25N3OS. The molecule has 112 valence electrons. The van der Waals surface area contributed by atoms with Crippen LogP contribution < -0.4 is 11.1 Å². The zero-order valence-electron chi connectivity index (χ0n) is 12.3. The van der Waals surface area contributed by atoms with E-state index in [-0.39, 0.29) is 5.91 Å². The zero-order chi connectivity index (χ0) is 14.4. The number of anilines is 1. The second-order valence-corrected chi connectivity index (χ2v) is 6.64. The van der Waals surface area contributed by atoms with Crippen LogP contribution in [0.15, 0.2) is 0 Å². The SMILES string of the molecule is CCCC(CCN)CCC(=O)Nc1nc2c(s1)CCC2. The van der Waals surface area contributed by atoms with Crippen LogP contribution in [0.2, 0.25) is 0 Å². The highest BCUT2D eigenvalue weighted by Crippen LogP contribution is 2.30. The van der Waals surface area contributed by atoms with Gasteiger partial charge in [-0.15, -0.1) is 11.3 Å². The maximum atomic E-state index is 12.0. The number of nitrogens with zero attached hydrogens (tertiary/aromatic N) is 1. The van der Waals surface area contributed by atoms with Crippen LogP contribution in [0.1, 0.15) is 56.0 Å². The van der Waals surface area contributed by atoms with Crippen LogP contribution in [0.25, 0.3) is 0 Å². The normalized spacial score (nSPS) is 15.1. The molecule has 1 atom stereocenters. The van der Waals surface area contributed by atoms with Crippen molar-refractivity contribution >= 4 is 22.4 Å². The van der Waals surface area contributed by atoms with E-state index in [9.17, 15) is 4.79 Å². The monoisotopic (exact) mass is 295 g/mol. The molecule has 3 N–H and O–H groups in total. The van der Waals surface area contributed by atoms with E-state index in [2.05, 4.69) is 17.2 Å². The minimum atomic E-state index is 0.0931. The van der Waals surface area contributed by atoms with Crippen molar-refractivity contribution in [2.75, 3.05) is 11.9 Å². The van der Waals surface area contributed by atoms with Crippen molar-refractivity contribution in [3.8, 4) is 0 Å². The van der Waals surface area contributed by atoms with Gasteiger partial charge in [0.2, 0.25) is 5.91 Å². The molecule has 0 spiro atoms. The fourth-order valence-corrected chi connectivity index (χ4v) is 3.90. The predicted octanol–water partition coefficient (Wildman–Crippen LogP) is 3.12. The summed E-state index contributed by atoms with van der Waals surface area (Å²) in [7, 11) is 0. The van der Waals surface area contributed by atoms with E-state index >= 15 is 0 Å². The van der Waals surface area contributed by atoms with Crippen molar-refractivity contribution in [1.29, 1.82) is 0 Å². The highest BCUT2D eigenvalue weighted by atomic mass is 32.1. The lowest BCUT2D eigenvalue weighted by atomic mass is 9.94. The Morgan fingerprint density at radius 1 is 1.40 bits per heavy atom. The Balaban J connectivity index is 1.76. The number of nitrogens with two attached hydrogens (primary N) is 1. The number of carbonyl (C=O) groups is 1. The lowest BCUT2D eigenvalue weighted by Gasteiger charge is -2.14. The van der Waals surface area contributed by atoms with Gasteiger partial charge in [0.15, 0.2) is 5.13 Å². The van der Waals surface area contributed by atoms with Gasteiger partial charge in [0, 0.05) is 11.3 Å². The molecule has 0 aromatic carbocycles. The molecule has 1 aliphatic carbocycles. The number of nitrogens with one attached hydrogen (secondary N) is 1. The first-order valence-corrected chi connectivity index (χ1v) is 8.53. The molecule has 0 bridgehead atoms. The Labute approximate surface area is 125 Å². The number of carbonyl (C=O) groups excluding carboxylic acids is 1. The number of thiazole rings is 1. The first kappa shape index (κ1) is 15.4. The highest BCUT2D eigenvalue weighted by molar-refractivity contribution is 7.15. The number of rotatable bonds is 8. The Kier molecular flexibility index (Phi) is 5.98. The van der Waals surface area contributed by atoms with Crippen LogP contribution in [-0.2, 0) is 17.6 Å². The van der Waals surface area contributed by atoms with Gasteiger partial charge in [-0.3, -0.25) is 4.79 Å². The molecule has 0 radical (unpaired) electrons. The van der Waals surface area contributed by atoms with Gasteiger partial charge >= 0.3 is 0 Å². The molecule has 0 fully saturated rings. The van der Waals surface area contributed by atoms with Gasteiger partial charge in [-0.2, -0.15) is 0 Å². The minimum absolute atomic E-state index is 0.0931.